The zero-order valence-corrected chi connectivity index (χ0v) is 10.5. The molecule has 0 saturated heterocycles. The van der Waals surface area contributed by atoms with E-state index in [1.54, 1.807) is 7.05 Å². The van der Waals surface area contributed by atoms with Gasteiger partial charge in [0.2, 0.25) is 5.91 Å². The van der Waals surface area contributed by atoms with Gasteiger partial charge in [0.1, 0.15) is 0 Å². The average molecular weight is 235 g/mol. The van der Waals surface area contributed by atoms with Gasteiger partial charge in [-0.25, -0.2) is 0 Å². The van der Waals surface area contributed by atoms with Gasteiger partial charge in [-0.1, -0.05) is 30.3 Å². The Bertz CT molecular complexity index is 340. The number of nitrogens with two attached hydrogens (primary N) is 1. The normalized spacial score (nSPS) is 12.5. The lowest BCUT2D eigenvalue weighted by Gasteiger charge is -2.27. The third-order valence-corrected chi connectivity index (χ3v) is 2.91. The molecule has 1 rings (SSSR count). The van der Waals surface area contributed by atoms with Crippen LogP contribution >= 0.6 is 0 Å². The number of benzene rings is 1. The van der Waals surface area contributed by atoms with Gasteiger partial charge >= 0.3 is 0 Å². The number of amides is 1. The van der Waals surface area contributed by atoms with Crippen LogP contribution < -0.4 is 11.1 Å². The number of likely N-dealkylation sites (N-methyl/N-ethyl adjacent to an activating group) is 1. The van der Waals surface area contributed by atoms with Crippen LogP contribution in [0, 0.1) is 0 Å². The van der Waals surface area contributed by atoms with Crippen molar-refractivity contribution in [2.75, 3.05) is 27.2 Å². The van der Waals surface area contributed by atoms with Crippen molar-refractivity contribution in [2.45, 2.75) is 12.5 Å². The number of nitrogens with one attached hydrogen (secondary N) is 1. The van der Waals surface area contributed by atoms with Crippen LogP contribution in [0.2, 0.25) is 0 Å². The molecular weight excluding hydrogens is 214 g/mol. The van der Waals surface area contributed by atoms with Gasteiger partial charge < -0.3 is 11.1 Å². The molecule has 0 fully saturated rings. The summed E-state index contributed by atoms with van der Waals surface area (Å²) in [6.45, 7) is 1.25. The molecule has 4 heteroatoms. The van der Waals surface area contributed by atoms with Crippen molar-refractivity contribution < 1.29 is 4.79 Å². The van der Waals surface area contributed by atoms with Crippen molar-refractivity contribution in [1.29, 1.82) is 0 Å². The second-order valence-electron chi connectivity index (χ2n) is 4.07. The molecule has 94 valence electrons. The van der Waals surface area contributed by atoms with Crippen LogP contribution in [0.15, 0.2) is 30.3 Å². The fraction of sp³-hybridized carbons (Fsp3) is 0.462. The quantitative estimate of drug-likeness (QED) is 0.765. The number of rotatable bonds is 6. The minimum atomic E-state index is 0.0562. The van der Waals surface area contributed by atoms with E-state index in [2.05, 4.69) is 22.3 Å². The Morgan fingerprint density at radius 1 is 1.41 bits per heavy atom. The summed E-state index contributed by atoms with van der Waals surface area (Å²) in [4.78, 5) is 13.3. The second-order valence-corrected chi connectivity index (χ2v) is 4.07. The van der Waals surface area contributed by atoms with Gasteiger partial charge in [-0.15, -0.1) is 0 Å². The molecule has 0 spiro atoms. The standard InChI is InChI=1S/C13H21N3O/c1-15-13(17)8-9-16(2)12(10-14)11-6-4-3-5-7-11/h3-7,12H,8-10,14H2,1-2H3,(H,15,17). The predicted octanol–water partition coefficient (Wildman–Crippen LogP) is 0.754. The van der Waals surface area contributed by atoms with E-state index in [9.17, 15) is 4.79 Å². The van der Waals surface area contributed by atoms with E-state index in [0.717, 1.165) is 0 Å². The van der Waals surface area contributed by atoms with Gasteiger partial charge in [-0.2, -0.15) is 0 Å². The Hall–Kier alpha value is -1.39. The van der Waals surface area contributed by atoms with Crippen LogP contribution in [-0.4, -0.2) is 38.0 Å². The number of nitrogens with zero attached hydrogens (tertiary/aromatic N) is 1. The maximum Gasteiger partial charge on any atom is 0.221 e. The molecule has 0 heterocycles. The summed E-state index contributed by atoms with van der Waals surface area (Å²) in [5.41, 5.74) is 6.99. The Balaban J connectivity index is 2.59. The smallest absolute Gasteiger partial charge is 0.221 e. The number of carbonyl (C=O) groups excluding carboxylic acids is 1. The molecule has 0 aliphatic rings. The van der Waals surface area contributed by atoms with E-state index >= 15 is 0 Å². The van der Waals surface area contributed by atoms with E-state index < -0.39 is 0 Å². The molecule has 0 bridgehead atoms. The summed E-state index contributed by atoms with van der Waals surface area (Å²) in [5, 5.41) is 2.62. The maximum absolute atomic E-state index is 11.2. The first kappa shape index (κ1) is 13.7. The van der Waals surface area contributed by atoms with Crippen LogP contribution in [0.3, 0.4) is 0 Å². The van der Waals surface area contributed by atoms with Gasteiger partial charge in [0.05, 0.1) is 0 Å². The molecule has 0 saturated carbocycles. The van der Waals surface area contributed by atoms with E-state index in [4.69, 9.17) is 5.73 Å². The summed E-state index contributed by atoms with van der Waals surface area (Å²) in [6, 6.07) is 10.3. The monoisotopic (exact) mass is 235 g/mol. The maximum atomic E-state index is 11.2. The Morgan fingerprint density at radius 3 is 2.59 bits per heavy atom. The summed E-state index contributed by atoms with van der Waals surface area (Å²) in [7, 11) is 3.65. The molecule has 0 aromatic heterocycles. The minimum Gasteiger partial charge on any atom is -0.359 e. The summed E-state index contributed by atoms with van der Waals surface area (Å²) in [6.07, 6.45) is 0.496. The van der Waals surface area contributed by atoms with E-state index in [1.165, 1.54) is 5.56 Å². The fourth-order valence-corrected chi connectivity index (χ4v) is 1.80. The van der Waals surface area contributed by atoms with Crippen molar-refractivity contribution in [1.82, 2.24) is 10.2 Å². The van der Waals surface area contributed by atoms with E-state index in [0.29, 0.717) is 19.5 Å². The highest BCUT2D eigenvalue weighted by molar-refractivity contribution is 5.75. The molecule has 1 atom stereocenters. The Kier molecular flexibility index (Phi) is 5.66. The topological polar surface area (TPSA) is 58.4 Å². The highest BCUT2D eigenvalue weighted by Gasteiger charge is 2.15. The van der Waals surface area contributed by atoms with Crippen LogP contribution in [0.5, 0.6) is 0 Å². The number of hydrogen-bond acceptors (Lipinski definition) is 3. The molecule has 3 N–H and O–H groups in total. The molecule has 1 aromatic carbocycles. The van der Waals surface area contributed by atoms with Crippen LogP contribution in [0.4, 0.5) is 0 Å². The average Bonchev–Trinajstić information content (AvgIpc) is 2.38. The summed E-state index contributed by atoms with van der Waals surface area (Å²) in [5.74, 6) is 0.0562. The minimum absolute atomic E-state index is 0.0562. The van der Waals surface area contributed by atoms with Crippen molar-refractivity contribution >= 4 is 5.91 Å². The molecule has 4 nitrogen and oxygen atoms in total. The van der Waals surface area contributed by atoms with Crippen LogP contribution in [0.1, 0.15) is 18.0 Å². The predicted molar refractivity (Wildman–Crippen MR) is 69.6 cm³/mol. The number of carbonyl (C=O) groups is 1. The van der Waals surface area contributed by atoms with Crippen molar-refractivity contribution in [3.8, 4) is 0 Å². The van der Waals surface area contributed by atoms with Gasteiger partial charge in [-0.3, -0.25) is 9.69 Å². The molecule has 1 aromatic rings. The van der Waals surface area contributed by atoms with Crippen molar-refractivity contribution in [3.05, 3.63) is 35.9 Å². The SMILES string of the molecule is CNC(=O)CCN(C)C(CN)c1ccccc1. The summed E-state index contributed by atoms with van der Waals surface area (Å²) < 4.78 is 0. The van der Waals surface area contributed by atoms with Crippen LogP contribution in [0.25, 0.3) is 0 Å². The zero-order valence-electron chi connectivity index (χ0n) is 10.5. The lowest BCUT2D eigenvalue weighted by Crippen LogP contribution is -2.33. The van der Waals surface area contributed by atoms with Gasteiger partial charge in [-0.05, 0) is 12.6 Å². The molecular formula is C13H21N3O. The molecule has 0 radical (unpaired) electrons. The van der Waals surface area contributed by atoms with E-state index in [-0.39, 0.29) is 11.9 Å². The lowest BCUT2D eigenvalue weighted by molar-refractivity contribution is -0.120. The second kappa shape index (κ2) is 7.04. The highest BCUT2D eigenvalue weighted by Crippen LogP contribution is 2.17. The molecule has 17 heavy (non-hydrogen) atoms. The van der Waals surface area contributed by atoms with Gasteiger partial charge in [0.25, 0.3) is 0 Å². The Morgan fingerprint density at radius 2 is 2.06 bits per heavy atom. The van der Waals surface area contributed by atoms with E-state index in [1.807, 2.05) is 25.2 Å². The fourth-order valence-electron chi connectivity index (χ4n) is 1.80. The first-order chi connectivity index (χ1) is 8.19. The zero-order chi connectivity index (χ0) is 12.7. The first-order valence-corrected chi connectivity index (χ1v) is 5.85. The summed E-state index contributed by atoms with van der Waals surface area (Å²) >= 11 is 0. The number of hydrogen-bond donors (Lipinski definition) is 2. The molecule has 1 unspecified atom stereocenters. The highest BCUT2D eigenvalue weighted by atomic mass is 16.1. The lowest BCUT2D eigenvalue weighted by atomic mass is 10.1. The molecule has 1 amide bonds. The van der Waals surface area contributed by atoms with Crippen molar-refractivity contribution in [3.63, 3.8) is 0 Å². The van der Waals surface area contributed by atoms with Crippen LogP contribution in [-0.2, 0) is 4.79 Å². The molecule has 0 aliphatic carbocycles. The van der Waals surface area contributed by atoms with Gasteiger partial charge in [0, 0.05) is 32.6 Å². The largest absolute Gasteiger partial charge is 0.359 e. The third-order valence-electron chi connectivity index (χ3n) is 2.91. The molecule has 0 aliphatic heterocycles. The van der Waals surface area contributed by atoms with Crippen molar-refractivity contribution in [2.24, 2.45) is 5.73 Å². The third kappa shape index (κ3) is 4.17. The van der Waals surface area contributed by atoms with Gasteiger partial charge in [0.15, 0.2) is 0 Å². The first-order valence-electron chi connectivity index (χ1n) is 5.85. The Labute approximate surface area is 103 Å².